The van der Waals surface area contributed by atoms with Crippen molar-refractivity contribution in [3.8, 4) is 6.07 Å². The van der Waals surface area contributed by atoms with Gasteiger partial charge in [0.1, 0.15) is 17.7 Å². The molecule has 1 saturated heterocycles. The van der Waals surface area contributed by atoms with Crippen molar-refractivity contribution in [3.63, 3.8) is 0 Å². The number of hydrogen-bond acceptors (Lipinski definition) is 6. The third-order valence-corrected chi connectivity index (χ3v) is 6.77. The molecule has 1 aliphatic heterocycles. The minimum absolute atomic E-state index is 0.0424. The predicted octanol–water partition coefficient (Wildman–Crippen LogP) is 2.62. The van der Waals surface area contributed by atoms with E-state index in [0.29, 0.717) is 5.75 Å². The van der Waals surface area contributed by atoms with Crippen LogP contribution in [0.4, 0.5) is 14.5 Å². The van der Waals surface area contributed by atoms with Crippen molar-refractivity contribution < 1.29 is 17.2 Å². The maximum absolute atomic E-state index is 14.7. The van der Waals surface area contributed by atoms with Gasteiger partial charge in [-0.05, 0) is 43.4 Å². The normalized spacial score (nSPS) is 16.1. The van der Waals surface area contributed by atoms with Gasteiger partial charge in [-0.2, -0.15) is 5.26 Å². The summed E-state index contributed by atoms with van der Waals surface area (Å²) < 4.78 is 50.8. The number of anilines is 1. The average molecular weight is 439 g/mol. The fraction of sp³-hybridized carbons (Fsp3) is 0.316. The molecule has 0 amide bonds. The van der Waals surface area contributed by atoms with Gasteiger partial charge in [0.15, 0.2) is 0 Å². The second kappa shape index (κ2) is 8.67. The molecule has 1 aliphatic rings. The molecule has 0 bridgehead atoms. The molecule has 3 rings (SSSR count). The van der Waals surface area contributed by atoms with E-state index in [4.69, 9.17) is 5.14 Å². The van der Waals surface area contributed by atoms with Crippen LogP contribution >= 0.6 is 11.8 Å². The highest BCUT2D eigenvalue weighted by atomic mass is 32.2. The van der Waals surface area contributed by atoms with Crippen molar-refractivity contribution in [2.75, 3.05) is 31.2 Å². The van der Waals surface area contributed by atoms with E-state index in [2.05, 4.69) is 10.2 Å². The van der Waals surface area contributed by atoms with Crippen LogP contribution in [0.5, 0.6) is 0 Å². The largest absolute Gasteiger partial charge is 0.378 e. The van der Waals surface area contributed by atoms with Crippen molar-refractivity contribution >= 4 is 27.5 Å². The lowest BCUT2D eigenvalue weighted by atomic mass is 9.92. The predicted molar refractivity (Wildman–Crippen MR) is 108 cm³/mol. The standard InChI is InChI=1S/C19H20F2N4O2S2/c1-25-9-13(10-25)18(11-28-15-4-2-14(20)3-5-15)24-19-12(8-22)6-16(7-17(19)21)29(23,26)27/h2-7,13,18,24H,9-11H2,1H3,(H2,23,26,27). The van der Waals surface area contributed by atoms with Gasteiger partial charge in [-0.25, -0.2) is 22.3 Å². The number of primary sulfonamides is 1. The molecule has 0 aliphatic carbocycles. The molecule has 0 saturated carbocycles. The molecule has 1 unspecified atom stereocenters. The van der Waals surface area contributed by atoms with Crippen molar-refractivity contribution in [3.05, 3.63) is 53.6 Å². The molecule has 6 nitrogen and oxygen atoms in total. The van der Waals surface area contributed by atoms with Crippen LogP contribution in [0.15, 0.2) is 46.2 Å². The zero-order valence-corrected chi connectivity index (χ0v) is 17.2. The number of sulfonamides is 1. The molecule has 29 heavy (non-hydrogen) atoms. The first-order valence-corrected chi connectivity index (χ1v) is 11.3. The maximum Gasteiger partial charge on any atom is 0.238 e. The summed E-state index contributed by atoms with van der Waals surface area (Å²) >= 11 is 1.49. The van der Waals surface area contributed by atoms with Crippen LogP contribution in [-0.4, -0.2) is 45.2 Å². The topological polar surface area (TPSA) is 99.2 Å². The lowest BCUT2D eigenvalue weighted by molar-refractivity contribution is 0.123. The molecular weight excluding hydrogens is 418 g/mol. The second-order valence-electron chi connectivity index (χ2n) is 6.98. The number of likely N-dealkylation sites (tertiary alicyclic amines) is 1. The van der Waals surface area contributed by atoms with Gasteiger partial charge in [-0.1, -0.05) is 0 Å². The zero-order chi connectivity index (χ0) is 21.2. The van der Waals surface area contributed by atoms with Gasteiger partial charge in [0, 0.05) is 35.7 Å². The third kappa shape index (κ3) is 5.25. The Morgan fingerprint density at radius 2 is 1.97 bits per heavy atom. The average Bonchev–Trinajstić information content (AvgIpc) is 2.64. The van der Waals surface area contributed by atoms with Crippen molar-refractivity contribution in [2.45, 2.75) is 15.8 Å². The highest BCUT2D eigenvalue weighted by Gasteiger charge is 2.32. The van der Waals surface area contributed by atoms with E-state index in [1.165, 1.54) is 23.9 Å². The molecule has 0 aromatic heterocycles. The third-order valence-electron chi connectivity index (χ3n) is 4.75. The van der Waals surface area contributed by atoms with Gasteiger partial charge >= 0.3 is 0 Å². The van der Waals surface area contributed by atoms with Gasteiger partial charge in [-0.15, -0.1) is 11.8 Å². The van der Waals surface area contributed by atoms with E-state index in [0.717, 1.165) is 30.1 Å². The van der Waals surface area contributed by atoms with E-state index < -0.39 is 20.7 Å². The zero-order valence-electron chi connectivity index (χ0n) is 15.6. The summed E-state index contributed by atoms with van der Waals surface area (Å²) in [6.07, 6.45) is 0. The maximum atomic E-state index is 14.7. The summed E-state index contributed by atoms with van der Waals surface area (Å²) in [5.41, 5.74) is -0.169. The molecule has 0 spiro atoms. The van der Waals surface area contributed by atoms with Gasteiger partial charge in [0.05, 0.1) is 16.1 Å². The van der Waals surface area contributed by atoms with Gasteiger partial charge in [-0.3, -0.25) is 0 Å². The number of nitriles is 1. The lowest BCUT2D eigenvalue weighted by Crippen LogP contribution is -2.52. The summed E-state index contributed by atoms with van der Waals surface area (Å²) in [4.78, 5) is 2.54. The van der Waals surface area contributed by atoms with Crippen molar-refractivity contribution in [2.24, 2.45) is 11.1 Å². The molecule has 10 heteroatoms. The number of hydrogen-bond donors (Lipinski definition) is 2. The Bertz CT molecular complexity index is 1030. The van der Waals surface area contributed by atoms with E-state index in [1.54, 1.807) is 12.1 Å². The van der Waals surface area contributed by atoms with Crippen LogP contribution in [0.1, 0.15) is 5.56 Å². The molecule has 0 radical (unpaired) electrons. The van der Waals surface area contributed by atoms with E-state index in [9.17, 15) is 22.5 Å². The molecule has 3 N–H and O–H groups in total. The number of nitrogens with one attached hydrogen (secondary N) is 1. The highest BCUT2D eigenvalue weighted by molar-refractivity contribution is 7.99. The summed E-state index contributed by atoms with van der Waals surface area (Å²) in [5, 5.41) is 17.5. The molecule has 1 atom stereocenters. The Kier molecular flexibility index (Phi) is 6.43. The van der Waals surface area contributed by atoms with Crippen molar-refractivity contribution in [1.29, 1.82) is 5.26 Å². The van der Waals surface area contributed by atoms with Crippen LogP contribution in [0.2, 0.25) is 0 Å². The minimum atomic E-state index is -4.13. The number of nitrogens with two attached hydrogens (primary N) is 1. The van der Waals surface area contributed by atoms with Crippen LogP contribution < -0.4 is 10.5 Å². The number of halogens is 2. The van der Waals surface area contributed by atoms with Crippen molar-refractivity contribution in [1.82, 2.24) is 4.90 Å². The summed E-state index contributed by atoms with van der Waals surface area (Å²) in [6, 6.07) is 9.64. The van der Waals surface area contributed by atoms with Gasteiger partial charge < -0.3 is 10.2 Å². The van der Waals surface area contributed by atoms with Crippen LogP contribution in [0.3, 0.4) is 0 Å². The number of nitrogens with zero attached hydrogens (tertiary/aromatic N) is 2. The van der Waals surface area contributed by atoms with E-state index in [1.807, 2.05) is 13.1 Å². The molecular formula is C19H20F2N4O2S2. The molecule has 1 heterocycles. The first-order valence-electron chi connectivity index (χ1n) is 8.77. The Morgan fingerprint density at radius 3 is 2.52 bits per heavy atom. The SMILES string of the molecule is CN1CC(C(CSc2ccc(F)cc2)Nc2c(F)cc(S(N)(=O)=O)cc2C#N)C1. The summed E-state index contributed by atoms with van der Waals surface area (Å²) in [6.45, 7) is 1.61. The summed E-state index contributed by atoms with van der Waals surface area (Å²) in [7, 11) is -2.16. The van der Waals surface area contributed by atoms with E-state index in [-0.39, 0.29) is 29.0 Å². The molecule has 154 valence electrons. The Labute approximate surface area is 172 Å². The summed E-state index contributed by atoms with van der Waals surface area (Å²) in [5.74, 6) is -0.388. The minimum Gasteiger partial charge on any atom is -0.378 e. The fourth-order valence-electron chi connectivity index (χ4n) is 3.18. The van der Waals surface area contributed by atoms with E-state index >= 15 is 0 Å². The van der Waals surface area contributed by atoms with Crippen LogP contribution in [-0.2, 0) is 10.0 Å². The first-order chi connectivity index (χ1) is 13.7. The number of benzene rings is 2. The smallest absolute Gasteiger partial charge is 0.238 e. The monoisotopic (exact) mass is 438 g/mol. The molecule has 2 aromatic carbocycles. The van der Waals surface area contributed by atoms with Gasteiger partial charge in [0.25, 0.3) is 0 Å². The van der Waals surface area contributed by atoms with Gasteiger partial charge in [0.2, 0.25) is 10.0 Å². The number of thioether (sulfide) groups is 1. The number of rotatable bonds is 7. The first kappa shape index (κ1) is 21.5. The Morgan fingerprint density at radius 1 is 1.31 bits per heavy atom. The fourth-order valence-corrected chi connectivity index (χ4v) is 4.79. The van der Waals surface area contributed by atoms with Crippen LogP contribution in [0, 0.1) is 28.9 Å². The lowest BCUT2D eigenvalue weighted by Gasteiger charge is -2.42. The Balaban J connectivity index is 1.84. The quantitative estimate of drug-likeness (QED) is 0.645. The van der Waals surface area contributed by atoms with Crippen LogP contribution in [0.25, 0.3) is 0 Å². The molecule has 2 aromatic rings. The molecule has 1 fully saturated rings. The highest BCUT2D eigenvalue weighted by Crippen LogP contribution is 2.30. The second-order valence-corrected chi connectivity index (χ2v) is 9.64. The Hall–Kier alpha value is -2.19.